The van der Waals surface area contributed by atoms with E-state index in [4.69, 9.17) is 4.74 Å². The Bertz CT molecular complexity index is 1100. The van der Waals surface area contributed by atoms with Gasteiger partial charge in [0.25, 0.3) is 11.8 Å². The molecule has 1 aromatic heterocycles. The third kappa shape index (κ3) is 6.53. The second-order valence-corrected chi connectivity index (χ2v) is 11.6. The number of amides is 2. The summed E-state index contributed by atoms with van der Waals surface area (Å²) >= 11 is 0. The van der Waals surface area contributed by atoms with E-state index in [1.165, 1.54) is 32.1 Å². The Labute approximate surface area is 226 Å². The van der Waals surface area contributed by atoms with E-state index in [1.54, 1.807) is 47.6 Å². The Balaban J connectivity index is 1.66. The number of hydrogen-bond donors (Lipinski definition) is 2. The van der Waals surface area contributed by atoms with Crippen LogP contribution in [-0.2, 0) is 0 Å². The molecular weight excluding hydrogens is 480 g/mol. The second kappa shape index (κ2) is 12.3. The van der Waals surface area contributed by atoms with E-state index < -0.39 is 5.54 Å². The lowest BCUT2D eigenvalue weighted by Crippen LogP contribution is -2.55. The standard InChI is InChI=1S/C30H42N4O4/c1-21-17-34(30(2,3)20-35)29(37)24-11-8-12-25(32-28(36)23-13-15-31-16-14-23)27(24)38-26(21)19-33(4)18-22-9-6-5-7-10-22/h8,11-16,21-22,26,35H,5-7,9-10,17-20H2,1-4H3,(H,32,36)/t21-,26+/m1/s1. The predicted octanol–water partition coefficient (Wildman–Crippen LogP) is 4.46. The molecule has 0 unspecified atom stereocenters. The highest BCUT2D eigenvalue weighted by molar-refractivity contribution is 6.07. The van der Waals surface area contributed by atoms with Crippen molar-refractivity contribution in [2.24, 2.45) is 11.8 Å². The maximum absolute atomic E-state index is 13.8. The van der Waals surface area contributed by atoms with Crippen LogP contribution in [0.2, 0.25) is 0 Å². The lowest BCUT2D eigenvalue weighted by molar-refractivity contribution is 0.00984. The van der Waals surface area contributed by atoms with Crippen LogP contribution in [0.25, 0.3) is 0 Å². The van der Waals surface area contributed by atoms with Crippen molar-refractivity contribution in [3.8, 4) is 5.75 Å². The molecule has 8 nitrogen and oxygen atoms in total. The summed E-state index contributed by atoms with van der Waals surface area (Å²) in [5, 5.41) is 13.1. The highest BCUT2D eigenvalue weighted by Gasteiger charge is 2.39. The Morgan fingerprint density at radius 1 is 1.16 bits per heavy atom. The normalized spacial score (nSPS) is 20.9. The number of aromatic nitrogens is 1. The predicted molar refractivity (Wildman–Crippen MR) is 148 cm³/mol. The first-order chi connectivity index (χ1) is 18.2. The van der Waals surface area contributed by atoms with Crippen molar-refractivity contribution in [1.82, 2.24) is 14.8 Å². The lowest BCUT2D eigenvalue weighted by Gasteiger charge is -2.43. The molecule has 1 fully saturated rings. The fourth-order valence-corrected chi connectivity index (χ4v) is 5.55. The van der Waals surface area contributed by atoms with E-state index in [1.807, 2.05) is 13.8 Å². The number of benzene rings is 1. The number of aliphatic hydroxyl groups excluding tert-OH is 1. The summed E-state index contributed by atoms with van der Waals surface area (Å²) in [4.78, 5) is 34.9. The number of carbonyl (C=O) groups excluding carboxylic acids is 2. The Kier molecular flexibility index (Phi) is 9.05. The van der Waals surface area contributed by atoms with Crippen molar-refractivity contribution >= 4 is 17.5 Å². The molecule has 2 amide bonds. The zero-order valence-electron chi connectivity index (χ0n) is 23.2. The number of pyridine rings is 1. The maximum atomic E-state index is 13.8. The number of fused-ring (bicyclic) bond motifs is 1. The summed E-state index contributed by atoms with van der Waals surface area (Å²) in [5.41, 5.74) is 0.545. The van der Waals surface area contributed by atoms with Gasteiger partial charge < -0.3 is 25.0 Å². The van der Waals surface area contributed by atoms with Crippen molar-refractivity contribution in [2.45, 2.75) is 64.5 Å². The molecule has 2 N–H and O–H groups in total. The molecule has 0 spiro atoms. The summed E-state index contributed by atoms with van der Waals surface area (Å²) in [5.74, 6) is 0.550. The number of nitrogens with zero attached hydrogens (tertiary/aromatic N) is 3. The van der Waals surface area contributed by atoms with Crippen molar-refractivity contribution in [3.63, 3.8) is 0 Å². The quantitative estimate of drug-likeness (QED) is 0.532. The van der Waals surface area contributed by atoms with Crippen molar-refractivity contribution in [3.05, 3.63) is 53.9 Å². The van der Waals surface area contributed by atoms with Crippen LogP contribution in [0.5, 0.6) is 5.75 Å². The van der Waals surface area contributed by atoms with Crippen LogP contribution >= 0.6 is 0 Å². The van der Waals surface area contributed by atoms with E-state index in [2.05, 4.69) is 29.2 Å². The average Bonchev–Trinajstić information content (AvgIpc) is 2.92. The molecule has 2 atom stereocenters. The maximum Gasteiger partial charge on any atom is 0.258 e. The molecule has 0 saturated heterocycles. The monoisotopic (exact) mass is 522 g/mol. The molecule has 8 heteroatoms. The number of likely N-dealkylation sites (N-methyl/N-ethyl adjacent to an activating group) is 1. The average molecular weight is 523 g/mol. The fourth-order valence-electron chi connectivity index (χ4n) is 5.55. The van der Waals surface area contributed by atoms with Gasteiger partial charge in [-0.3, -0.25) is 14.6 Å². The third-order valence-electron chi connectivity index (χ3n) is 7.96. The number of carbonyl (C=O) groups is 2. The minimum Gasteiger partial charge on any atom is -0.486 e. The molecule has 0 radical (unpaired) electrons. The summed E-state index contributed by atoms with van der Waals surface area (Å²) in [6, 6.07) is 8.54. The second-order valence-electron chi connectivity index (χ2n) is 11.6. The largest absolute Gasteiger partial charge is 0.486 e. The highest BCUT2D eigenvalue weighted by Crippen LogP contribution is 2.36. The van der Waals surface area contributed by atoms with E-state index >= 15 is 0 Å². The molecule has 1 saturated carbocycles. The smallest absolute Gasteiger partial charge is 0.258 e. The minimum atomic E-state index is -0.755. The summed E-state index contributed by atoms with van der Waals surface area (Å²) in [6.07, 6.45) is 9.40. The molecule has 4 rings (SSSR count). The topological polar surface area (TPSA) is 95.0 Å². The zero-order chi connectivity index (χ0) is 27.3. The number of hydrogen-bond acceptors (Lipinski definition) is 6. The number of anilines is 1. The van der Waals surface area contributed by atoms with Crippen LogP contribution in [0.4, 0.5) is 5.69 Å². The number of aliphatic hydroxyl groups is 1. The SMILES string of the molecule is C[C@@H]1CN(C(C)(C)CO)C(=O)c2cccc(NC(=O)c3ccncc3)c2O[C@H]1CN(C)CC1CCCCC1. The first-order valence-electron chi connectivity index (χ1n) is 13.8. The molecule has 1 aromatic carbocycles. The molecule has 206 valence electrons. The lowest BCUT2D eigenvalue weighted by atomic mass is 9.89. The Hall–Kier alpha value is -2.97. The van der Waals surface area contributed by atoms with Gasteiger partial charge in [0.15, 0.2) is 5.75 Å². The van der Waals surface area contributed by atoms with Gasteiger partial charge in [0, 0.05) is 43.5 Å². The molecule has 1 aliphatic heterocycles. The van der Waals surface area contributed by atoms with Gasteiger partial charge in [0.05, 0.1) is 23.4 Å². The van der Waals surface area contributed by atoms with Crippen LogP contribution in [0.15, 0.2) is 42.7 Å². The fraction of sp³-hybridized carbons (Fsp3) is 0.567. The molecular formula is C30H42N4O4. The van der Waals surface area contributed by atoms with Gasteiger partial charge in [-0.05, 0) is 63.9 Å². The van der Waals surface area contributed by atoms with Gasteiger partial charge in [-0.15, -0.1) is 0 Å². The van der Waals surface area contributed by atoms with Crippen LogP contribution in [-0.4, -0.2) is 76.6 Å². The van der Waals surface area contributed by atoms with E-state index in [0.717, 1.165) is 6.54 Å². The third-order valence-corrected chi connectivity index (χ3v) is 7.96. The van der Waals surface area contributed by atoms with Crippen LogP contribution in [0.3, 0.4) is 0 Å². The number of nitrogens with one attached hydrogen (secondary N) is 1. The van der Waals surface area contributed by atoms with Gasteiger partial charge in [-0.25, -0.2) is 0 Å². The van der Waals surface area contributed by atoms with Gasteiger partial charge in [0.1, 0.15) is 6.10 Å². The molecule has 2 heterocycles. The first kappa shape index (κ1) is 28.0. The van der Waals surface area contributed by atoms with Gasteiger partial charge >= 0.3 is 0 Å². The van der Waals surface area contributed by atoms with Crippen LogP contribution in [0.1, 0.15) is 73.6 Å². The molecule has 0 bridgehead atoms. The molecule has 2 aromatic rings. The van der Waals surface area contributed by atoms with Crippen molar-refractivity contribution < 1.29 is 19.4 Å². The highest BCUT2D eigenvalue weighted by atomic mass is 16.5. The Morgan fingerprint density at radius 3 is 2.55 bits per heavy atom. The van der Waals surface area contributed by atoms with E-state index in [9.17, 15) is 14.7 Å². The number of ether oxygens (including phenoxy) is 1. The summed E-state index contributed by atoms with van der Waals surface area (Å²) in [6.45, 7) is 7.86. The molecule has 2 aliphatic rings. The minimum absolute atomic E-state index is 0.00399. The number of para-hydroxylation sites is 1. The summed E-state index contributed by atoms with van der Waals surface area (Å²) in [7, 11) is 2.14. The molecule has 1 aliphatic carbocycles. The van der Waals surface area contributed by atoms with Crippen LogP contribution < -0.4 is 10.1 Å². The Morgan fingerprint density at radius 2 is 1.87 bits per heavy atom. The van der Waals surface area contributed by atoms with E-state index in [-0.39, 0.29) is 30.4 Å². The van der Waals surface area contributed by atoms with Gasteiger partial charge in [0.2, 0.25) is 0 Å². The van der Waals surface area contributed by atoms with Crippen LogP contribution in [0, 0.1) is 11.8 Å². The number of rotatable bonds is 8. The molecule has 38 heavy (non-hydrogen) atoms. The van der Waals surface area contributed by atoms with Crippen molar-refractivity contribution in [1.29, 1.82) is 0 Å². The zero-order valence-corrected chi connectivity index (χ0v) is 23.2. The summed E-state index contributed by atoms with van der Waals surface area (Å²) < 4.78 is 6.66. The first-order valence-corrected chi connectivity index (χ1v) is 13.8. The van der Waals surface area contributed by atoms with Gasteiger partial charge in [-0.1, -0.05) is 32.3 Å². The van der Waals surface area contributed by atoms with E-state index in [0.29, 0.717) is 41.6 Å². The van der Waals surface area contributed by atoms with Crippen molar-refractivity contribution in [2.75, 3.05) is 38.6 Å². The van der Waals surface area contributed by atoms with Gasteiger partial charge in [-0.2, -0.15) is 0 Å².